The van der Waals surface area contributed by atoms with Crippen LogP contribution in [0.3, 0.4) is 0 Å². The van der Waals surface area contributed by atoms with Crippen molar-refractivity contribution in [3.05, 3.63) is 35.4 Å². The predicted molar refractivity (Wildman–Crippen MR) is 85.4 cm³/mol. The highest BCUT2D eigenvalue weighted by Gasteiger charge is 2.19. The Morgan fingerprint density at radius 1 is 1.29 bits per heavy atom. The van der Waals surface area contributed by atoms with Gasteiger partial charge in [-0.3, -0.25) is 15.1 Å². The molecule has 1 aromatic rings. The minimum absolute atomic E-state index is 0.135. The topological polar surface area (TPSA) is 58.4 Å². The van der Waals surface area contributed by atoms with Crippen molar-refractivity contribution in [1.29, 1.82) is 0 Å². The van der Waals surface area contributed by atoms with Crippen LogP contribution in [0.2, 0.25) is 0 Å². The van der Waals surface area contributed by atoms with E-state index in [1.807, 2.05) is 18.2 Å². The number of nitrogens with two attached hydrogens (primary N) is 1. The number of carbonyl (C=O) groups is 1. The van der Waals surface area contributed by atoms with Crippen molar-refractivity contribution in [3.63, 3.8) is 0 Å². The fourth-order valence-electron chi connectivity index (χ4n) is 3.19. The predicted octanol–water partition coefficient (Wildman–Crippen LogP) is 2.23. The van der Waals surface area contributed by atoms with E-state index in [0.717, 1.165) is 18.0 Å². The Kier molecular flexibility index (Phi) is 6.21. The second-order valence-electron chi connectivity index (χ2n) is 6.02. The van der Waals surface area contributed by atoms with Crippen LogP contribution in [0.4, 0.5) is 0 Å². The van der Waals surface area contributed by atoms with E-state index < -0.39 is 0 Å². The molecule has 1 fully saturated rings. The molecule has 1 aliphatic rings. The van der Waals surface area contributed by atoms with Crippen molar-refractivity contribution in [2.75, 3.05) is 13.1 Å². The smallest absolute Gasteiger partial charge is 0.238 e. The minimum Gasteiger partial charge on any atom is -0.299 e. The summed E-state index contributed by atoms with van der Waals surface area (Å²) in [4.78, 5) is 14.0. The summed E-state index contributed by atoms with van der Waals surface area (Å²) in [6.07, 6.45) is 5.63. The Labute approximate surface area is 127 Å². The molecule has 0 aromatic heterocycles. The van der Waals surface area contributed by atoms with Gasteiger partial charge in [-0.25, -0.2) is 5.84 Å². The normalized spacial score (nSPS) is 16.9. The Morgan fingerprint density at radius 2 is 1.95 bits per heavy atom. The van der Waals surface area contributed by atoms with E-state index >= 15 is 0 Å². The molecule has 1 heterocycles. The first kappa shape index (κ1) is 16.0. The number of benzene rings is 1. The third-order valence-corrected chi connectivity index (χ3v) is 4.43. The Hall–Kier alpha value is -1.39. The van der Waals surface area contributed by atoms with Crippen molar-refractivity contribution in [2.45, 2.75) is 45.6 Å². The largest absolute Gasteiger partial charge is 0.299 e. The molecule has 0 unspecified atom stereocenters. The molecule has 1 saturated heterocycles. The summed E-state index contributed by atoms with van der Waals surface area (Å²) < 4.78 is 0. The van der Waals surface area contributed by atoms with Gasteiger partial charge in [0.1, 0.15) is 0 Å². The van der Waals surface area contributed by atoms with Crippen molar-refractivity contribution in [2.24, 2.45) is 11.8 Å². The molecule has 0 aliphatic carbocycles. The van der Waals surface area contributed by atoms with E-state index in [1.165, 1.54) is 44.3 Å². The van der Waals surface area contributed by atoms with Crippen molar-refractivity contribution in [1.82, 2.24) is 10.3 Å². The Balaban J connectivity index is 1.92. The van der Waals surface area contributed by atoms with Crippen LogP contribution >= 0.6 is 0 Å². The molecule has 0 radical (unpaired) electrons. The van der Waals surface area contributed by atoms with Gasteiger partial charge in [0.05, 0.1) is 6.42 Å². The summed E-state index contributed by atoms with van der Waals surface area (Å²) in [6, 6.07) is 8.17. The molecule has 1 aromatic carbocycles. The van der Waals surface area contributed by atoms with Gasteiger partial charge in [-0.15, -0.1) is 0 Å². The molecular weight excluding hydrogens is 262 g/mol. The van der Waals surface area contributed by atoms with E-state index in [2.05, 4.69) is 23.3 Å². The van der Waals surface area contributed by atoms with Gasteiger partial charge in [0.25, 0.3) is 0 Å². The number of piperidine rings is 1. The highest BCUT2D eigenvalue weighted by atomic mass is 16.2. The molecule has 4 heteroatoms. The number of nitrogens with one attached hydrogen (secondary N) is 1. The minimum atomic E-state index is -0.135. The van der Waals surface area contributed by atoms with Crippen molar-refractivity contribution in [3.8, 4) is 0 Å². The number of hydrogen-bond acceptors (Lipinski definition) is 3. The molecule has 3 N–H and O–H groups in total. The lowest BCUT2D eigenvalue weighted by Gasteiger charge is -2.32. The zero-order chi connectivity index (χ0) is 15.1. The van der Waals surface area contributed by atoms with Crippen LogP contribution in [0.25, 0.3) is 0 Å². The maximum absolute atomic E-state index is 11.5. The molecule has 1 amide bonds. The van der Waals surface area contributed by atoms with Gasteiger partial charge in [0.15, 0.2) is 0 Å². The summed E-state index contributed by atoms with van der Waals surface area (Å²) in [5.41, 5.74) is 4.54. The van der Waals surface area contributed by atoms with E-state index in [0.29, 0.717) is 6.42 Å². The number of carbonyl (C=O) groups excluding carboxylic acids is 1. The molecule has 0 spiro atoms. The molecule has 0 saturated carbocycles. The van der Waals surface area contributed by atoms with Crippen LogP contribution < -0.4 is 11.3 Å². The van der Waals surface area contributed by atoms with Crippen molar-refractivity contribution >= 4 is 5.91 Å². The van der Waals surface area contributed by atoms with Crippen LogP contribution in [0.15, 0.2) is 24.3 Å². The average Bonchev–Trinajstić information content (AvgIpc) is 2.51. The monoisotopic (exact) mass is 289 g/mol. The first-order valence-corrected chi connectivity index (χ1v) is 8.01. The second kappa shape index (κ2) is 8.15. The van der Waals surface area contributed by atoms with Gasteiger partial charge < -0.3 is 0 Å². The molecule has 4 nitrogen and oxygen atoms in total. The molecule has 1 aliphatic heterocycles. The van der Waals surface area contributed by atoms with Gasteiger partial charge in [0.2, 0.25) is 5.91 Å². The summed E-state index contributed by atoms with van der Waals surface area (Å²) in [5.74, 6) is 5.96. The number of nitrogens with zero attached hydrogens (tertiary/aromatic N) is 1. The molecule has 21 heavy (non-hydrogen) atoms. The molecule has 0 atom stereocenters. The highest BCUT2D eigenvalue weighted by Crippen LogP contribution is 2.23. The van der Waals surface area contributed by atoms with E-state index in [1.54, 1.807) is 0 Å². The molecule has 2 rings (SSSR count). The lowest BCUT2D eigenvalue weighted by atomic mass is 9.92. The Bertz CT molecular complexity index is 453. The molecular formula is C17H27N3O. The zero-order valence-electron chi connectivity index (χ0n) is 13.0. The second-order valence-corrected chi connectivity index (χ2v) is 6.02. The van der Waals surface area contributed by atoms with Gasteiger partial charge in [-0.2, -0.15) is 0 Å². The summed E-state index contributed by atoms with van der Waals surface area (Å²) in [7, 11) is 0. The van der Waals surface area contributed by atoms with E-state index in [9.17, 15) is 4.79 Å². The van der Waals surface area contributed by atoms with Gasteiger partial charge in [-0.05, 0) is 43.0 Å². The van der Waals surface area contributed by atoms with Crippen molar-refractivity contribution < 1.29 is 4.79 Å². The summed E-state index contributed by atoms with van der Waals surface area (Å²) in [6.45, 7) is 5.54. The molecule has 0 bridgehead atoms. The van der Waals surface area contributed by atoms with Gasteiger partial charge in [-0.1, -0.05) is 44.0 Å². The van der Waals surface area contributed by atoms with Gasteiger partial charge >= 0.3 is 0 Å². The highest BCUT2D eigenvalue weighted by molar-refractivity contribution is 5.78. The van der Waals surface area contributed by atoms with E-state index in [4.69, 9.17) is 5.84 Å². The number of hydrazine groups is 1. The lowest BCUT2D eigenvalue weighted by Crippen LogP contribution is -2.34. The maximum Gasteiger partial charge on any atom is 0.238 e. The average molecular weight is 289 g/mol. The fraction of sp³-hybridized carbons (Fsp3) is 0.588. The van der Waals surface area contributed by atoms with Crippen LogP contribution in [0.1, 0.15) is 43.7 Å². The standard InChI is InChI=1S/C17H27N3O/c1-2-5-14-8-10-20(11-9-14)13-16-7-4-3-6-15(16)12-17(21)19-18/h3-4,6-7,14H,2,5,8-13,18H2,1H3,(H,19,21). The first-order chi connectivity index (χ1) is 10.2. The van der Waals surface area contributed by atoms with Gasteiger partial charge in [0, 0.05) is 6.54 Å². The quantitative estimate of drug-likeness (QED) is 0.480. The van der Waals surface area contributed by atoms with E-state index in [-0.39, 0.29) is 5.91 Å². The number of amides is 1. The Morgan fingerprint density at radius 3 is 2.57 bits per heavy atom. The maximum atomic E-state index is 11.5. The first-order valence-electron chi connectivity index (χ1n) is 8.01. The third-order valence-electron chi connectivity index (χ3n) is 4.43. The number of rotatable bonds is 6. The van der Waals surface area contributed by atoms with Crippen LogP contribution in [-0.2, 0) is 17.8 Å². The van der Waals surface area contributed by atoms with Crippen LogP contribution in [0.5, 0.6) is 0 Å². The van der Waals surface area contributed by atoms with Crippen LogP contribution in [0, 0.1) is 5.92 Å². The number of likely N-dealkylation sites (tertiary alicyclic amines) is 1. The summed E-state index contributed by atoms with van der Waals surface area (Å²) >= 11 is 0. The number of hydrogen-bond donors (Lipinski definition) is 2. The fourth-order valence-corrected chi connectivity index (χ4v) is 3.19. The third kappa shape index (κ3) is 4.83. The lowest BCUT2D eigenvalue weighted by molar-refractivity contribution is -0.120. The SMILES string of the molecule is CCCC1CCN(Cc2ccccc2CC(=O)NN)CC1. The zero-order valence-corrected chi connectivity index (χ0v) is 13.0. The molecule has 116 valence electrons. The van der Waals surface area contributed by atoms with Crippen LogP contribution in [-0.4, -0.2) is 23.9 Å². The summed E-state index contributed by atoms with van der Waals surface area (Å²) in [5, 5.41) is 0.